The molecule has 0 aliphatic rings. The van der Waals surface area contributed by atoms with E-state index < -0.39 is 18.2 Å². The number of carbonyl (C=O) groups is 2. The maximum absolute atomic E-state index is 12.7. The summed E-state index contributed by atoms with van der Waals surface area (Å²) in [5, 5.41) is 5.51. The minimum absolute atomic E-state index is 0.127. The Labute approximate surface area is 182 Å². The van der Waals surface area contributed by atoms with E-state index in [4.69, 9.17) is 4.42 Å². The molecule has 2 aromatic carbocycles. The van der Waals surface area contributed by atoms with Crippen LogP contribution in [0.5, 0.6) is 5.75 Å². The molecule has 4 aromatic rings. The Bertz CT molecular complexity index is 1300. The lowest BCUT2D eigenvalue weighted by Crippen LogP contribution is -2.16. The predicted octanol–water partition coefficient (Wildman–Crippen LogP) is 5.60. The second-order valence-corrected chi connectivity index (χ2v) is 7.64. The molecule has 0 aliphatic carbocycles. The van der Waals surface area contributed by atoms with Crippen molar-refractivity contribution in [2.24, 2.45) is 0 Å². The fraction of sp³-hybridized carbons (Fsp3) is 0.0952. The van der Waals surface area contributed by atoms with Gasteiger partial charge in [0.2, 0.25) is 0 Å². The number of rotatable bonds is 5. The van der Waals surface area contributed by atoms with Crippen LogP contribution in [0.4, 0.5) is 24.0 Å². The second-order valence-electron chi connectivity index (χ2n) is 6.61. The van der Waals surface area contributed by atoms with Crippen molar-refractivity contribution < 1.29 is 31.9 Å². The van der Waals surface area contributed by atoms with Gasteiger partial charge in [-0.25, -0.2) is 4.98 Å². The van der Waals surface area contributed by atoms with Gasteiger partial charge in [-0.05, 0) is 48.9 Å². The Morgan fingerprint density at radius 1 is 1.06 bits per heavy atom. The fourth-order valence-electron chi connectivity index (χ4n) is 2.81. The third-order valence-electron chi connectivity index (χ3n) is 4.31. The van der Waals surface area contributed by atoms with Crippen LogP contribution in [0.1, 0.15) is 26.5 Å². The van der Waals surface area contributed by atoms with E-state index in [0.717, 1.165) is 23.0 Å². The topological polar surface area (TPSA) is 93.5 Å². The first kappa shape index (κ1) is 21.4. The van der Waals surface area contributed by atoms with Crippen molar-refractivity contribution in [2.45, 2.75) is 13.3 Å². The molecule has 0 spiro atoms. The lowest BCUT2D eigenvalue weighted by molar-refractivity contribution is -0.274. The van der Waals surface area contributed by atoms with Gasteiger partial charge < -0.3 is 14.5 Å². The summed E-state index contributed by atoms with van der Waals surface area (Å²) in [5.41, 5.74) is 1.83. The number of thiazole rings is 1. The lowest BCUT2D eigenvalue weighted by atomic mass is 10.1. The largest absolute Gasteiger partial charge is 0.573 e. The van der Waals surface area contributed by atoms with E-state index in [1.807, 2.05) is 0 Å². The van der Waals surface area contributed by atoms with Crippen molar-refractivity contribution in [3.63, 3.8) is 0 Å². The SMILES string of the molecule is Cc1ccc(C(=O)Nc2nc3ccc(OC(F)(F)F)cc3s2)cc1NC(=O)c1ccco1. The number of anilines is 2. The molecule has 11 heteroatoms. The summed E-state index contributed by atoms with van der Waals surface area (Å²) >= 11 is 1.00. The zero-order chi connectivity index (χ0) is 22.9. The van der Waals surface area contributed by atoms with E-state index in [-0.39, 0.29) is 22.2 Å². The summed E-state index contributed by atoms with van der Waals surface area (Å²) in [6, 6.07) is 11.6. The molecule has 4 rings (SSSR count). The van der Waals surface area contributed by atoms with Gasteiger partial charge in [0.05, 0.1) is 16.5 Å². The summed E-state index contributed by atoms with van der Waals surface area (Å²) in [7, 11) is 0. The Balaban J connectivity index is 1.51. The maximum Gasteiger partial charge on any atom is 0.573 e. The number of amides is 2. The summed E-state index contributed by atoms with van der Waals surface area (Å²) < 4.78 is 46.6. The number of fused-ring (bicyclic) bond motifs is 1. The highest BCUT2D eigenvalue weighted by molar-refractivity contribution is 7.22. The number of furan rings is 1. The number of hydrogen-bond donors (Lipinski definition) is 2. The highest BCUT2D eigenvalue weighted by atomic mass is 32.1. The zero-order valence-electron chi connectivity index (χ0n) is 16.3. The average molecular weight is 461 g/mol. The monoisotopic (exact) mass is 461 g/mol. The molecule has 164 valence electrons. The number of aryl methyl sites for hydroxylation is 1. The number of nitrogens with one attached hydrogen (secondary N) is 2. The van der Waals surface area contributed by atoms with Crippen molar-refractivity contribution in [3.8, 4) is 5.75 Å². The van der Waals surface area contributed by atoms with Gasteiger partial charge in [0.15, 0.2) is 10.9 Å². The van der Waals surface area contributed by atoms with E-state index in [9.17, 15) is 22.8 Å². The third-order valence-corrected chi connectivity index (χ3v) is 5.24. The average Bonchev–Trinajstić information content (AvgIpc) is 3.37. The Hall–Kier alpha value is -3.86. The fourth-order valence-corrected chi connectivity index (χ4v) is 3.70. The first-order chi connectivity index (χ1) is 15.2. The first-order valence-corrected chi connectivity index (χ1v) is 9.93. The molecule has 0 radical (unpaired) electrons. The molecular weight excluding hydrogens is 447 g/mol. The van der Waals surface area contributed by atoms with E-state index >= 15 is 0 Å². The number of benzene rings is 2. The summed E-state index contributed by atoms with van der Waals surface area (Å²) in [6.45, 7) is 1.77. The van der Waals surface area contributed by atoms with Crippen LogP contribution in [-0.2, 0) is 0 Å². The van der Waals surface area contributed by atoms with Crippen LogP contribution in [0.3, 0.4) is 0 Å². The quantitative estimate of drug-likeness (QED) is 0.404. The molecule has 0 unspecified atom stereocenters. The number of ether oxygens (including phenoxy) is 1. The number of halogens is 3. The molecule has 0 saturated carbocycles. The highest BCUT2D eigenvalue weighted by Gasteiger charge is 2.31. The molecule has 0 fully saturated rings. The van der Waals surface area contributed by atoms with Crippen LogP contribution in [0.25, 0.3) is 10.2 Å². The molecular formula is C21H14F3N3O4S. The molecule has 2 aromatic heterocycles. The molecule has 2 heterocycles. The van der Waals surface area contributed by atoms with Crippen LogP contribution in [0, 0.1) is 6.92 Å². The lowest BCUT2D eigenvalue weighted by Gasteiger charge is -2.09. The first-order valence-electron chi connectivity index (χ1n) is 9.11. The van der Waals surface area contributed by atoms with Crippen LogP contribution in [0.15, 0.2) is 59.2 Å². The zero-order valence-corrected chi connectivity index (χ0v) is 17.1. The van der Waals surface area contributed by atoms with Gasteiger partial charge in [-0.15, -0.1) is 13.2 Å². The minimum Gasteiger partial charge on any atom is -0.459 e. The second kappa shape index (κ2) is 8.35. The third kappa shape index (κ3) is 4.89. The van der Waals surface area contributed by atoms with Gasteiger partial charge in [0.25, 0.3) is 11.8 Å². The van der Waals surface area contributed by atoms with Crippen molar-refractivity contribution >= 4 is 44.2 Å². The van der Waals surface area contributed by atoms with Gasteiger partial charge in [-0.3, -0.25) is 14.9 Å². The number of hydrogen-bond acceptors (Lipinski definition) is 6. The molecule has 7 nitrogen and oxygen atoms in total. The molecule has 32 heavy (non-hydrogen) atoms. The van der Waals surface area contributed by atoms with Gasteiger partial charge in [-0.1, -0.05) is 17.4 Å². The molecule has 2 amide bonds. The van der Waals surface area contributed by atoms with Gasteiger partial charge >= 0.3 is 6.36 Å². The van der Waals surface area contributed by atoms with Crippen molar-refractivity contribution in [3.05, 3.63) is 71.7 Å². The van der Waals surface area contributed by atoms with E-state index in [1.165, 1.54) is 30.5 Å². The smallest absolute Gasteiger partial charge is 0.459 e. The molecule has 0 atom stereocenters. The predicted molar refractivity (Wildman–Crippen MR) is 112 cm³/mol. The van der Waals surface area contributed by atoms with Gasteiger partial charge in [0.1, 0.15) is 5.75 Å². The van der Waals surface area contributed by atoms with Crippen LogP contribution >= 0.6 is 11.3 Å². The highest BCUT2D eigenvalue weighted by Crippen LogP contribution is 2.32. The van der Waals surface area contributed by atoms with Crippen molar-refractivity contribution in [1.82, 2.24) is 4.98 Å². The van der Waals surface area contributed by atoms with Crippen LogP contribution in [-0.4, -0.2) is 23.2 Å². The Morgan fingerprint density at radius 2 is 1.88 bits per heavy atom. The minimum atomic E-state index is -4.80. The summed E-state index contributed by atoms with van der Waals surface area (Å²) in [6.07, 6.45) is -3.42. The molecule has 0 aliphatic heterocycles. The summed E-state index contributed by atoms with van der Waals surface area (Å²) in [5.74, 6) is -1.20. The molecule has 0 bridgehead atoms. The molecule has 0 saturated heterocycles. The van der Waals surface area contributed by atoms with Gasteiger partial charge in [-0.2, -0.15) is 0 Å². The number of carbonyl (C=O) groups excluding carboxylic acids is 2. The number of aromatic nitrogens is 1. The van der Waals surface area contributed by atoms with Crippen molar-refractivity contribution in [2.75, 3.05) is 10.6 Å². The van der Waals surface area contributed by atoms with Gasteiger partial charge in [0, 0.05) is 17.3 Å². The maximum atomic E-state index is 12.7. The van der Waals surface area contributed by atoms with E-state index in [2.05, 4.69) is 20.4 Å². The Morgan fingerprint density at radius 3 is 2.59 bits per heavy atom. The number of nitrogens with zero attached hydrogens (tertiary/aromatic N) is 1. The summed E-state index contributed by atoms with van der Waals surface area (Å²) in [4.78, 5) is 29.1. The van der Waals surface area contributed by atoms with E-state index in [1.54, 1.807) is 25.1 Å². The van der Waals surface area contributed by atoms with Crippen molar-refractivity contribution in [1.29, 1.82) is 0 Å². The normalized spacial score (nSPS) is 11.4. The number of alkyl halides is 3. The van der Waals surface area contributed by atoms with Crippen LogP contribution in [0.2, 0.25) is 0 Å². The van der Waals surface area contributed by atoms with E-state index in [0.29, 0.717) is 15.9 Å². The Kier molecular flexibility index (Phi) is 5.57. The molecule has 2 N–H and O–H groups in total. The van der Waals surface area contributed by atoms with Crippen LogP contribution < -0.4 is 15.4 Å². The standard InChI is InChI=1S/C21H14F3N3O4S/c1-11-4-5-12(9-15(11)25-19(29)16-3-2-8-30-16)18(28)27-20-26-14-7-6-13(10-17(14)32-20)31-21(22,23)24/h2-10H,1H3,(H,25,29)(H,26,27,28).